The lowest BCUT2D eigenvalue weighted by molar-refractivity contribution is -0.402. The standard InChI is InChI=1S/C11H12N2O4/c1-3-7-12(8-4-2)11(14)9-5-6-10(17-9)13(15)16/h3-6H,1-2,7-8H2. The minimum absolute atomic E-state index is 0.0691. The predicted octanol–water partition coefficient (Wildman–Crippen LogP) is 2.00. The van der Waals surface area contributed by atoms with Crippen LogP contribution in [0.5, 0.6) is 0 Å². The zero-order valence-electron chi connectivity index (χ0n) is 9.17. The van der Waals surface area contributed by atoms with Crippen molar-refractivity contribution in [2.45, 2.75) is 0 Å². The van der Waals surface area contributed by atoms with E-state index >= 15 is 0 Å². The van der Waals surface area contributed by atoms with E-state index in [4.69, 9.17) is 4.42 Å². The molecule has 0 bridgehead atoms. The summed E-state index contributed by atoms with van der Waals surface area (Å²) in [6.07, 6.45) is 3.11. The number of carbonyl (C=O) groups is 1. The van der Waals surface area contributed by atoms with Crippen LogP contribution < -0.4 is 0 Å². The quantitative estimate of drug-likeness (QED) is 0.430. The lowest BCUT2D eigenvalue weighted by Crippen LogP contribution is -2.30. The number of carbonyl (C=O) groups excluding carboxylic acids is 1. The van der Waals surface area contributed by atoms with Crippen molar-refractivity contribution in [3.63, 3.8) is 0 Å². The van der Waals surface area contributed by atoms with Crippen LogP contribution in [-0.4, -0.2) is 28.8 Å². The number of hydrogen-bond acceptors (Lipinski definition) is 4. The van der Waals surface area contributed by atoms with Gasteiger partial charge in [-0.25, -0.2) is 0 Å². The third-order valence-electron chi connectivity index (χ3n) is 1.97. The maximum Gasteiger partial charge on any atom is 0.433 e. The summed E-state index contributed by atoms with van der Waals surface area (Å²) in [5.41, 5.74) is 0. The van der Waals surface area contributed by atoms with Gasteiger partial charge in [-0.15, -0.1) is 13.2 Å². The van der Waals surface area contributed by atoms with E-state index in [1.54, 1.807) is 12.2 Å². The van der Waals surface area contributed by atoms with Gasteiger partial charge in [0.15, 0.2) is 5.76 Å². The summed E-state index contributed by atoms with van der Waals surface area (Å²) in [4.78, 5) is 23.0. The van der Waals surface area contributed by atoms with Gasteiger partial charge in [0, 0.05) is 13.1 Å². The fraction of sp³-hybridized carbons (Fsp3) is 0.182. The highest BCUT2D eigenvalue weighted by Gasteiger charge is 2.20. The van der Waals surface area contributed by atoms with Crippen molar-refractivity contribution in [3.8, 4) is 0 Å². The number of rotatable bonds is 6. The predicted molar refractivity (Wildman–Crippen MR) is 61.7 cm³/mol. The number of amides is 1. The normalized spacial score (nSPS) is 9.65. The van der Waals surface area contributed by atoms with E-state index < -0.39 is 16.7 Å². The molecule has 1 heterocycles. The van der Waals surface area contributed by atoms with Crippen molar-refractivity contribution in [2.75, 3.05) is 13.1 Å². The van der Waals surface area contributed by atoms with Crippen LogP contribution >= 0.6 is 0 Å². The Morgan fingerprint density at radius 1 is 1.41 bits per heavy atom. The van der Waals surface area contributed by atoms with Crippen LogP contribution in [0, 0.1) is 10.1 Å². The summed E-state index contributed by atoms with van der Waals surface area (Å²) in [5.74, 6) is -0.955. The van der Waals surface area contributed by atoms with Gasteiger partial charge in [-0.1, -0.05) is 12.2 Å². The van der Waals surface area contributed by atoms with Crippen LogP contribution in [0.25, 0.3) is 0 Å². The average Bonchev–Trinajstić information content (AvgIpc) is 2.77. The van der Waals surface area contributed by atoms with Crippen molar-refractivity contribution < 1.29 is 14.1 Å². The molecule has 0 unspecified atom stereocenters. The highest BCUT2D eigenvalue weighted by atomic mass is 16.6. The Balaban J connectivity index is 2.88. The summed E-state index contributed by atoms with van der Waals surface area (Å²) in [6.45, 7) is 7.69. The number of furan rings is 1. The molecule has 1 rings (SSSR count). The number of nitrogens with zero attached hydrogens (tertiary/aromatic N) is 2. The molecule has 0 radical (unpaired) electrons. The molecule has 0 aliphatic heterocycles. The minimum Gasteiger partial charge on any atom is -0.395 e. The first-order valence-corrected chi connectivity index (χ1v) is 4.85. The van der Waals surface area contributed by atoms with Gasteiger partial charge < -0.3 is 9.32 Å². The highest BCUT2D eigenvalue weighted by molar-refractivity contribution is 5.92. The lowest BCUT2D eigenvalue weighted by Gasteiger charge is -2.17. The first-order chi connectivity index (χ1) is 8.10. The van der Waals surface area contributed by atoms with Gasteiger partial charge in [0.2, 0.25) is 0 Å². The maximum absolute atomic E-state index is 11.9. The van der Waals surface area contributed by atoms with Gasteiger partial charge in [-0.2, -0.15) is 0 Å². The molecule has 90 valence electrons. The molecule has 6 heteroatoms. The lowest BCUT2D eigenvalue weighted by atomic mass is 10.3. The second-order valence-electron chi connectivity index (χ2n) is 3.18. The highest BCUT2D eigenvalue weighted by Crippen LogP contribution is 2.17. The van der Waals surface area contributed by atoms with E-state index in [0.717, 1.165) is 6.07 Å². The molecule has 1 amide bonds. The Morgan fingerprint density at radius 3 is 2.41 bits per heavy atom. The molecule has 6 nitrogen and oxygen atoms in total. The molecule has 0 saturated heterocycles. The molecule has 1 aromatic rings. The van der Waals surface area contributed by atoms with Crippen LogP contribution in [0.3, 0.4) is 0 Å². The Morgan fingerprint density at radius 2 is 2.00 bits per heavy atom. The average molecular weight is 236 g/mol. The summed E-state index contributed by atoms with van der Waals surface area (Å²) in [6, 6.07) is 2.42. The number of nitro groups is 1. The smallest absolute Gasteiger partial charge is 0.395 e. The Kier molecular flexibility index (Phi) is 4.21. The zero-order valence-corrected chi connectivity index (χ0v) is 9.17. The number of hydrogen-bond donors (Lipinski definition) is 0. The fourth-order valence-corrected chi connectivity index (χ4v) is 1.25. The van der Waals surface area contributed by atoms with Crippen molar-refractivity contribution in [1.82, 2.24) is 4.90 Å². The molecule has 0 N–H and O–H groups in total. The maximum atomic E-state index is 11.9. The van der Waals surface area contributed by atoms with Crippen LogP contribution in [-0.2, 0) is 0 Å². The fourth-order valence-electron chi connectivity index (χ4n) is 1.25. The minimum atomic E-state index is -0.692. The van der Waals surface area contributed by atoms with Gasteiger partial charge in [-0.05, 0) is 6.07 Å². The van der Waals surface area contributed by atoms with Crippen molar-refractivity contribution >= 4 is 11.8 Å². The van der Waals surface area contributed by atoms with Crippen molar-refractivity contribution in [2.24, 2.45) is 0 Å². The summed E-state index contributed by atoms with van der Waals surface area (Å²) < 4.78 is 4.82. The SMILES string of the molecule is C=CCN(CC=C)C(=O)c1ccc([N+](=O)[O-])o1. The molecule has 0 aliphatic carbocycles. The van der Waals surface area contributed by atoms with E-state index in [9.17, 15) is 14.9 Å². The molecular formula is C11H12N2O4. The molecule has 0 fully saturated rings. The third-order valence-corrected chi connectivity index (χ3v) is 1.97. The third kappa shape index (κ3) is 3.04. The van der Waals surface area contributed by atoms with E-state index in [1.165, 1.54) is 11.0 Å². The zero-order chi connectivity index (χ0) is 12.8. The van der Waals surface area contributed by atoms with Gasteiger partial charge >= 0.3 is 5.88 Å². The van der Waals surface area contributed by atoms with Gasteiger partial charge in [0.1, 0.15) is 4.92 Å². The van der Waals surface area contributed by atoms with Gasteiger partial charge in [-0.3, -0.25) is 14.9 Å². The molecule has 1 aromatic heterocycles. The molecule has 0 saturated carbocycles. The summed E-state index contributed by atoms with van der Waals surface area (Å²) in [5, 5.41) is 10.4. The van der Waals surface area contributed by atoms with Crippen LogP contribution in [0.15, 0.2) is 41.9 Å². The molecule has 0 atom stereocenters. The van der Waals surface area contributed by atoms with Gasteiger partial charge in [0.25, 0.3) is 5.91 Å². The second kappa shape index (κ2) is 5.64. The topological polar surface area (TPSA) is 76.6 Å². The summed E-state index contributed by atoms with van der Waals surface area (Å²) in [7, 11) is 0. The van der Waals surface area contributed by atoms with Crippen LogP contribution in [0.2, 0.25) is 0 Å². The Hall–Kier alpha value is -2.37. The van der Waals surface area contributed by atoms with Crippen molar-refractivity contribution in [1.29, 1.82) is 0 Å². The monoisotopic (exact) mass is 236 g/mol. The molecule has 17 heavy (non-hydrogen) atoms. The van der Waals surface area contributed by atoms with Crippen LogP contribution in [0.1, 0.15) is 10.6 Å². The Bertz CT molecular complexity index is 440. The van der Waals surface area contributed by atoms with E-state index in [-0.39, 0.29) is 5.76 Å². The van der Waals surface area contributed by atoms with Crippen LogP contribution in [0.4, 0.5) is 5.88 Å². The molecule has 0 aliphatic rings. The first kappa shape index (κ1) is 12.7. The molecule has 0 aromatic carbocycles. The van der Waals surface area contributed by atoms with E-state index in [0.29, 0.717) is 13.1 Å². The molecule has 0 spiro atoms. The van der Waals surface area contributed by atoms with E-state index in [1.807, 2.05) is 0 Å². The largest absolute Gasteiger partial charge is 0.433 e. The van der Waals surface area contributed by atoms with Crippen molar-refractivity contribution in [3.05, 3.63) is 53.3 Å². The second-order valence-corrected chi connectivity index (χ2v) is 3.18. The van der Waals surface area contributed by atoms with Gasteiger partial charge in [0.05, 0.1) is 6.07 Å². The van der Waals surface area contributed by atoms with E-state index in [2.05, 4.69) is 13.2 Å². The Labute approximate surface area is 98.0 Å². The first-order valence-electron chi connectivity index (χ1n) is 4.85. The molecular weight excluding hydrogens is 224 g/mol. The summed E-state index contributed by atoms with van der Waals surface area (Å²) >= 11 is 0.